The Morgan fingerprint density at radius 3 is 2.75 bits per heavy atom. The summed E-state index contributed by atoms with van der Waals surface area (Å²) in [7, 11) is 3.78. The van der Waals surface area contributed by atoms with Gasteiger partial charge in [0.1, 0.15) is 5.75 Å². The Hall–Kier alpha value is -0.250. The molecule has 1 rings (SSSR count). The summed E-state index contributed by atoms with van der Waals surface area (Å²) < 4.78 is 6.41. The first-order chi connectivity index (χ1) is 7.67. The predicted molar refractivity (Wildman–Crippen MR) is 72.6 cm³/mol. The van der Waals surface area contributed by atoms with Crippen LogP contribution in [0, 0.1) is 0 Å². The van der Waals surface area contributed by atoms with Crippen molar-refractivity contribution in [3.05, 3.63) is 28.2 Å². The molecule has 1 aromatic rings. The van der Waals surface area contributed by atoms with E-state index in [2.05, 4.69) is 33.9 Å². The number of methoxy groups -OCH3 is 1. The van der Waals surface area contributed by atoms with E-state index in [-0.39, 0.29) is 0 Å². The Kier molecular flexibility index (Phi) is 6.17. The molecule has 0 N–H and O–H groups in total. The van der Waals surface area contributed by atoms with Gasteiger partial charge in [-0.05, 0) is 37.2 Å². The largest absolute Gasteiger partial charge is 0.496 e. The number of benzene rings is 1. The van der Waals surface area contributed by atoms with Gasteiger partial charge < -0.3 is 9.64 Å². The number of likely N-dealkylation sites (N-methyl/N-ethyl adjacent to an activating group) is 1. The zero-order valence-corrected chi connectivity index (χ0v) is 12.0. The molecular formula is C12H17BrClNO. The quantitative estimate of drug-likeness (QED) is 0.749. The molecule has 0 aromatic heterocycles. The van der Waals surface area contributed by atoms with E-state index in [1.54, 1.807) is 7.11 Å². The molecule has 0 fully saturated rings. The van der Waals surface area contributed by atoms with E-state index in [9.17, 15) is 0 Å². The summed E-state index contributed by atoms with van der Waals surface area (Å²) in [6, 6.07) is 6.08. The number of rotatable bonds is 6. The van der Waals surface area contributed by atoms with Crippen LogP contribution in [0.3, 0.4) is 0 Å². The van der Waals surface area contributed by atoms with Gasteiger partial charge in [0.2, 0.25) is 0 Å². The minimum Gasteiger partial charge on any atom is -0.496 e. The van der Waals surface area contributed by atoms with E-state index in [1.165, 1.54) is 5.56 Å². The van der Waals surface area contributed by atoms with E-state index < -0.39 is 0 Å². The maximum absolute atomic E-state index is 5.69. The zero-order chi connectivity index (χ0) is 12.0. The summed E-state index contributed by atoms with van der Waals surface area (Å²) in [5.74, 6) is 1.62. The lowest BCUT2D eigenvalue weighted by Crippen LogP contribution is -2.23. The minimum absolute atomic E-state index is 0.673. The van der Waals surface area contributed by atoms with Gasteiger partial charge >= 0.3 is 0 Å². The van der Waals surface area contributed by atoms with Gasteiger partial charge in [-0.3, -0.25) is 0 Å². The Labute approximate surface area is 111 Å². The molecule has 0 amide bonds. The van der Waals surface area contributed by atoms with Crippen molar-refractivity contribution >= 4 is 27.5 Å². The summed E-state index contributed by atoms with van der Waals surface area (Å²) in [5.41, 5.74) is 1.22. The fraction of sp³-hybridized carbons (Fsp3) is 0.500. The van der Waals surface area contributed by atoms with Gasteiger partial charge in [-0.25, -0.2) is 0 Å². The molecule has 0 bridgehead atoms. The lowest BCUT2D eigenvalue weighted by atomic mass is 10.1. The van der Waals surface area contributed by atoms with Gasteiger partial charge in [0.05, 0.1) is 7.11 Å². The lowest BCUT2D eigenvalue weighted by molar-refractivity contribution is 0.354. The average Bonchev–Trinajstić information content (AvgIpc) is 2.27. The Morgan fingerprint density at radius 2 is 2.12 bits per heavy atom. The maximum Gasteiger partial charge on any atom is 0.122 e. The van der Waals surface area contributed by atoms with Crippen LogP contribution in [0.5, 0.6) is 5.75 Å². The number of hydrogen-bond donors (Lipinski definition) is 0. The molecule has 4 heteroatoms. The lowest BCUT2D eigenvalue weighted by Gasteiger charge is -2.16. The van der Waals surface area contributed by atoms with E-state index in [4.69, 9.17) is 16.3 Å². The van der Waals surface area contributed by atoms with Crippen molar-refractivity contribution in [2.45, 2.75) is 6.42 Å². The molecule has 1 aromatic carbocycles. The van der Waals surface area contributed by atoms with Gasteiger partial charge in [-0.2, -0.15) is 0 Å². The predicted octanol–water partition coefficient (Wildman–Crippen LogP) is 3.17. The van der Waals surface area contributed by atoms with Crippen LogP contribution < -0.4 is 4.74 Å². The third-order valence-electron chi connectivity index (χ3n) is 2.47. The third kappa shape index (κ3) is 4.32. The number of hydrogen-bond acceptors (Lipinski definition) is 2. The van der Waals surface area contributed by atoms with Crippen LogP contribution in [0.15, 0.2) is 22.7 Å². The maximum atomic E-state index is 5.69. The molecule has 0 aliphatic heterocycles. The van der Waals surface area contributed by atoms with E-state index in [0.717, 1.165) is 29.7 Å². The highest BCUT2D eigenvalue weighted by molar-refractivity contribution is 9.10. The Bertz CT molecular complexity index is 333. The second-order valence-corrected chi connectivity index (χ2v) is 4.99. The van der Waals surface area contributed by atoms with Crippen molar-refractivity contribution in [2.75, 3.05) is 33.1 Å². The normalized spacial score (nSPS) is 10.8. The zero-order valence-electron chi connectivity index (χ0n) is 9.67. The first-order valence-corrected chi connectivity index (χ1v) is 6.57. The highest BCUT2D eigenvalue weighted by Gasteiger charge is 2.05. The third-order valence-corrected chi connectivity index (χ3v) is 3.13. The molecule has 0 spiro atoms. The minimum atomic E-state index is 0.673. The van der Waals surface area contributed by atoms with Gasteiger partial charge in [0, 0.05) is 23.4 Å². The molecule has 0 aliphatic carbocycles. The van der Waals surface area contributed by atoms with E-state index >= 15 is 0 Å². The fourth-order valence-corrected chi connectivity index (χ4v) is 2.21. The first kappa shape index (κ1) is 13.8. The molecule has 16 heavy (non-hydrogen) atoms. The Morgan fingerprint density at radius 1 is 1.38 bits per heavy atom. The molecule has 0 saturated heterocycles. The van der Waals surface area contributed by atoms with Gasteiger partial charge in [0.15, 0.2) is 0 Å². The summed E-state index contributed by atoms with van der Waals surface area (Å²) in [5, 5.41) is 0. The molecule has 0 saturated carbocycles. The number of ether oxygens (including phenoxy) is 1. The van der Waals surface area contributed by atoms with Crippen molar-refractivity contribution in [1.29, 1.82) is 0 Å². The molecule has 0 aliphatic rings. The van der Waals surface area contributed by atoms with Crippen LogP contribution in [0.2, 0.25) is 0 Å². The van der Waals surface area contributed by atoms with Crippen molar-refractivity contribution in [3.8, 4) is 5.75 Å². The number of alkyl halides is 1. The topological polar surface area (TPSA) is 12.5 Å². The summed E-state index contributed by atoms with van der Waals surface area (Å²) in [6.07, 6.45) is 0.968. The molecule has 0 unspecified atom stereocenters. The molecule has 0 radical (unpaired) electrons. The van der Waals surface area contributed by atoms with Gasteiger partial charge in [-0.15, -0.1) is 11.6 Å². The van der Waals surface area contributed by atoms with Crippen LogP contribution in [-0.2, 0) is 6.42 Å². The van der Waals surface area contributed by atoms with E-state index in [1.807, 2.05) is 12.1 Å². The average molecular weight is 307 g/mol. The van der Waals surface area contributed by atoms with Crippen LogP contribution in [-0.4, -0.2) is 38.0 Å². The van der Waals surface area contributed by atoms with Crippen LogP contribution in [0.25, 0.3) is 0 Å². The molecule has 0 heterocycles. The smallest absolute Gasteiger partial charge is 0.122 e. The van der Waals surface area contributed by atoms with Crippen molar-refractivity contribution < 1.29 is 4.74 Å². The standard InChI is InChI=1S/C12H17BrClNO/c1-15(8-6-14)7-5-10-9-11(13)3-4-12(10)16-2/h3-4,9H,5-8H2,1-2H3. The highest BCUT2D eigenvalue weighted by atomic mass is 79.9. The fourth-order valence-electron chi connectivity index (χ4n) is 1.51. The highest BCUT2D eigenvalue weighted by Crippen LogP contribution is 2.23. The molecule has 0 atom stereocenters. The second kappa shape index (κ2) is 7.15. The van der Waals surface area contributed by atoms with Gasteiger partial charge in [-0.1, -0.05) is 15.9 Å². The van der Waals surface area contributed by atoms with Crippen molar-refractivity contribution in [3.63, 3.8) is 0 Å². The first-order valence-electron chi connectivity index (χ1n) is 5.24. The van der Waals surface area contributed by atoms with E-state index in [0.29, 0.717) is 5.88 Å². The second-order valence-electron chi connectivity index (χ2n) is 3.70. The van der Waals surface area contributed by atoms with Crippen LogP contribution in [0.4, 0.5) is 0 Å². The Balaban J connectivity index is 2.61. The number of halogens is 2. The molecule has 90 valence electrons. The summed E-state index contributed by atoms with van der Waals surface area (Å²) in [6.45, 7) is 1.90. The van der Waals surface area contributed by atoms with Gasteiger partial charge in [0.25, 0.3) is 0 Å². The monoisotopic (exact) mass is 305 g/mol. The van der Waals surface area contributed by atoms with Crippen molar-refractivity contribution in [1.82, 2.24) is 4.90 Å². The summed E-state index contributed by atoms with van der Waals surface area (Å²) >= 11 is 9.16. The SMILES string of the molecule is COc1ccc(Br)cc1CCN(C)CCCl. The number of nitrogens with zero attached hydrogens (tertiary/aromatic N) is 1. The van der Waals surface area contributed by atoms with Crippen molar-refractivity contribution in [2.24, 2.45) is 0 Å². The molecule has 2 nitrogen and oxygen atoms in total. The van der Waals surface area contributed by atoms with Crippen LogP contribution in [0.1, 0.15) is 5.56 Å². The van der Waals surface area contributed by atoms with Crippen LogP contribution >= 0.6 is 27.5 Å². The molecular weight excluding hydrogens is 289 g/mol. The summed E-state index contributed by atoms with van der Waals surface area (Å²) in [4.78, 5) is 2.22.